The first-order chi connectivity index (χ1) is 5.83. The van der Waals surface area contributed by atoms with Crippen LogP contribution < -0.4 is 0 Å². The molecule has 0 atom stereocenters. The average Bonchev–Trinajstić information content (AvgIpc) is 2.53. The molecule has 12 heavy (non-hydrogen) atoms. The summed E-state index contributed by atoms with van der Waals surface area (Å²) in [6, 6.07) is 0. The molecular weight excluding hydrogens is 172 g/mol. The molecule has 0 fully saturated rings. The number of carbonyl (C=O) groups is 1. The number of carbonyl (C=O) groups excluding carboxylic acids is 1. The Morgan fingerprint density at radius 3 is 2.67 bits per heavy atom. The third kappa shape index (κ3) is 3.13. The number of allylic oxidation sites excluding steroid dienone is 2. The number of hydrogen-bond donors (Lipinski definition) is 1. The van der Waals surface area contributed by atoms with E-state index in [9.17, 15) is 4.79 Å². The Morgan fingerprint density at radius 1 is 1.42 bits per heavy atom. The van der Waals surface area contributed by atoms with Crippen molar-refractivity contribution in [2.45, 2.75) is 26.2 Å². The average molecular weight is 186 g/mol. The lowest BCUT2D eigenvalue weighted by molar-refractivity contribution is -0.133. The van der Waals surface area contributed by atoms with Crippen LogP contribution in [0.15, 0.2) is 23.0 Å². The van der Waals surface area contributed by atoms with Crippen molar-refractivity contribution < 1.29 is 8.98 Å². The molecule has 0 saturated carbocycles. The maximum absolute atomic E-state index is 11.1. The van der Waals surface area contributed by atoms with Crippen LogP contribution in [0.2, 0.25) is 0 Å². The third-order valence-electron chi connectivity index (χ3n) is 1.52. The summed E-state index contributed by atoms with van der Waals surface area (Å²) in [5, 5.41) is 3.86. The van der Waals surface area contributed by atoms with E-state index in [2.05, 4.69) is 6.92 Å². The van der Waals surface area contributed by atoms with Gasteiger partial charge in [-0.2, -0.15) is 0 Å². The highest BCUT2D eigenvalue weighted by Gasteiger charge is 2.06. The summed E-state index contributed by atoms with van der Waals surface area (Å²) in [5.41, 5.74) is 0. The lowest BCUT2D eigenvalue weighted by atomic mass is 10.3. The van der Waals surface area contributed by atoms with Gasteiger partial charge in [0.1, 0.15) is 0 Å². The molecule has 1 aliphatic heterocycles. The minimum atomic E-state index is -0.712. The fraction of sp³-hybridized carbons (Fsp3) is 0.444. The number of thiol groups is 1. The van der Waals surface area contributed by atoms with E-state index >= 15 is 0 Å². The first-order valence-corrected chi connectivity index (χ1v) is 5.57. The highest BCUT2D eigenvalue weighted by atomic mass is 32.2. The van der Waals surface area contributed by atoms with Gasteiger partial charge < -0.3 is 4.18 Å². The molecule has 2 nitrogen and oxygen atoms in total. The van der Waals surface area contributed by atoms with Crippen molar-refractivity contribution >= 4 is 17.1 Å². The van der Waals surface area contributed by atoms with Gasteiger partial charge in [0.15, 0.2) is 0 Å². The molecule has 0 aromatic carbocycles. The van der Waals surface area contributed by atoms with Gasteiger partial charge in [0.05, 0.1) is 0 Å². The van der Waals surface area contributed by atoms with Crippen LogP contribution in [0.5, 0.6) is 0 Å². The second-order valence-electron chi connectivity index (χ2n) is 2.61. The monoisotopic (exact) mass is 186 g/mol. The lowest BCUT2D eigenvalue weighted by Gasteiger charge is -2.10. The molecular formula is C9H14O2S. The van der Waals surface area contributed by atoms with Crippen molar-refractivity contribution in [2.24, 2.45) is 0 Å². The standard InChI is InChI=1S/C9H14O2S/c1-2-3-6-9(10)11-12-7-4-5-8-12/h4-5,7-8,12H,2-3,6H2,1H3. The van der Waals surface area contributed by atoms with E-state index in [1.165, 1.54) is 0 Å². The van der Waals surface area contributed by atoms with Crippen LogP contribution in [-0.2, 0) is 8.98 Å². The molecule has 1 heterocycles. The maximum Gasteiger partial charge on any atom is 0.316 e. The Bertz CT molecular complexity index is 197. The molecule has 0 N–H and O–H groups in total. The summed E-state index contributed by atoms with van der Waals surface area (Å²) in [6.45, 7) is 2.06. The summed E-state index contributed by atoms with van der Waals surface area (Å²) >= 11 is -0.712. The van der Waals surface area contributed by atoms with Gasteiger partial charge >= 0.3 is 5.97 Å². The van der Waals surface area contributed by atoms with Crippen LogP contribution in [0.1, 0.15) is 26.2 Å². The van der Waals surface area contributed by atoms with Gasteiger partial charge in [0, 0.05) is 6.42 Å². The van der Waals surface area contributed by atoms with Gasteiger partial charge in [-0.15, -0.1) is 0 Å². The summed E-state index contributed by atoms with van der Waals surface area (Å²) in [7, 11) is 0. The van der Waals surface area contributed by atoms with E-state index < -0.39 is 11.2 Å². The van der Waals surface area contributed by atoms with E-state index in [1.54, 1.807) is 0 Å². The van der Waals surface area contributed by atoms with E-state index in [1.807, 2.05) is 23.0 Å². The molecule has 1 rings (SSSR count). The quantitative estimate of drug-likeness (QED) is 0.683. The molecule has 0 spiro atoms. The molecule has 0 amide bonds. The number of unbranched alkanes of at least 4 members (excludes halogenated alkanes) is 1. The molecule has 0 unspecified atom stereocenters. The largest absolute Gasteiger partial charge is 0.410 e. The zero-order chi connectivity index (χ0) is 8.81. The second kappa shape index (κ2) is 5.04. The Kier molecular flexibility index (Phi) is 3.94. The first-order valence-electron chi connectivity index (χ1n) is 4.17. The second-order valence-corrected chi connectivity index (χ2v) is 4.11. The van der Waals surface area contributed by atoms with E-state index in [0.717, 1.165) is 12.8 Å². The Hall–Kier alpha value is -0.700. The SMILES string of the molecule is CCCCC(=O)O[SH]1C=CC=C1. The van der Waals surface area contributed by atoms with Gasteiger partial charge in [-0.05, 0) is 17.2 Å². The topological polar surface area (TPSA) is 26.3 Å². The van der Waals surface area contributed by atoms with E-state index in [4.69, 9.17) is 4.18 Å². The molecule has 0 aliphatic carbocycles. The van der Waals surface area contributed by atoms with Crippen molar-refractivity contribution in [2.75, 3.05) is 0 Å². The molecule has 0 saturated heterocycles. The van der Waals surface area contributed by atoms with Crippen LogP contribution >= 0.6 is 11.2 Å². The molecule has 0 radical (unpaired) electrons. The summed E-state index contributed by atoms with van der Waals surface area (Å²) < 4.78 is 5.17. The summed E-state index contributed by atoms with van der Waals surface area (Å²) in [5.74, 6) is -0.0702. The fourth-order valence-electron chi connectivity index (χ4n) is 0.864. The zero-order valence-corrected chi connectivity index (χ0v) is 8.09. The predicted molar refractivity (Wildman–Crippen MR) is 52.9 cm³/mol. The summed E-state index contributed by atoms with van der Waals surface area (Å²) in [4.78, 5) is 11.1. The molecule has 68 valence electrons. The first kappa shape index (κ1) is 9.39. The van der Waals surface area contributed by atoms with Crippen LogP contribution in [0.25, 0.3) is 0 Å². The van der Waals surface area contributed by atoms with Crippen LogP contribution in [0.3, 0.4) is 0 Å². The van der Waals surface area contributed by atoms with Crippen molar-refractivity contribution in [3.63, 3.8) is 0 Å². The lowest BCUT2D eigenvalue weighted by Crippen LogP contribution is -1.99. The van der Waals surface area contributed by atoms with Gasteiger partial charge in [0.2, 0.25) is 0 Å². The minimum Gasteiger partial charge on any atom is -0.410 e. The molecule has 1 aliphatic rings. The highest BCUT2D eigenvalue weighted by Crippen LogP contribution is 2.34. The Labute approximate surface area is 75.8 Å². The van der Waals surface area contributed by atoms with Gasteiger partial charge in [-0.1, -0.05) is 36.7 Å². The van der Waals surface area contributed by atoms with E-state index in [0.29, 0.717) is 6.42 Å². The van der Waals surface area contributed by atoms with Crippen LogP contribution in [0, 0.1) is 0 Å². The molecule has 3 heteroatoms. The molecule has 0 aromatic heterocycles. The molecule has 0 bridgehead atoms. The minimum absolute atomic E-state index is 0.0702. The van der Waals surface area contributed by atoms with Gasteiger partial charge in [-0.25, -0.2) is 0 Å². The zero-order valence-electron chi connectivity index (χ0n) is 7.19. The van der Waals surface area contributed by atoms with Gasteiger partial charge in [0.25, 0.3) is 0 Å². The Balaban J connectivity index is 2.17. The Morgan fingerprint density at radius 2 is 2.08 bits per heavy atom. The van der Waals surface area contributed by atoms with Crippen molar-refractivity contribution in [3.05, 3.63) is 23.0 Å². The van der Waals surface area contributed by atoms with Crippen molar-refractivity contribution in [1.82, 2.24) is 0 Å². The predicted octanol–water partition coefficient (Wildman–Crippen LogP) is 2.68. The van der Waals surface area contributed by atoms with Crippen molar-refractivity contribution in [3.8, 4) is 0 Å². The van der Waals surface area contributed by atoms with Crippen molar-refractivity contribution in [1.29, 1.82) is 0 Å². The van der Waals surface area contributed by atoms with Crippen LogP contribution in [0.4, 0.5) is 0 Å². The smallest absolute Gasteiger partial charge is 0.316 e. The van der Waals surface area contributed by atoms with Crippen LogP contribution in [-0.4, -0.2) is 5.97 Å². The summed E-state index contributed by atoms with van der Waals surface area (Å²) in [6.07, 6.45) is 6.35. The number of hydrogen-bond acceptors (Lipinski definition) is 2. The molecule has 0 aromatic rings. The highest BCUT2D eigenvalue weighted by molar-refractivity contribution is 8.18. The fourth-order valence-corrected chi connectivity index (χ4v) is 1.95. The third-order valence-corrected chi connectivity index (χ3v) is 2.87. The van der Waals surface area contributed by atoms with Gasteiger partial charge in [-0.3, -0.25) is 4.79 Å². The normalized spacial score (nSPS) is 16.9. The van der Waals surface area contributed by atoms with E-state index in [-0.39, 0.29) is 5.97 Å². The maximum atomic E-state index is 11.1. The number of rotatable bonds is 4.